The van der Waals surface area contributed by atoms with Gasteiger partial charge >= 0.3 is 5.97 Å². The summed E-state index contributed by atoms with van der Waals surface area (Å²) in [4.78, 5) is 34.5. The normalized spacial score (nSPS) is 11.8. The van der Waals surface area contributed by atoms with Crippen LogP contribution in [0.25, 0.3) is 0 Å². The van der Waals surface area contributed by atoms with Gasteiger partial charge in [-0.05, 0) is 24.6 Å². The number of esters is 1. The molecule has 0 aliphatic heterocycles. The Bertz CT molecular complexity index is 776. The van der Waals surface area contributed by atoms with E-state index in [1.54, 1.807) is 31.2 Å². The van der Waals surface area contributed by atoms with Gasteiger partial charge in [0.05, 0.1) is 13.5 Å². The molecule has 0 radical (unpaired) electrons. The molecule has 1 amide bonds. The lowest BCUT2D eigenvalue weighted by atomic mass is 9.88. The number of aryl methyl sites for hydroxylation is 1. The molecule has 1 aromatic heterocycles. The fourth-order valence-electron chi connectivity index (χ4n) is 2.46. The number of nitrogens with one attached hydrogen (secondary N) is 2. The summed E-state index contributed by atoms with van der Waals surface area (Å²) in [5, 5.41) is 5.27. The molecule has 8 heteroatoms. The van der Waals surface area contributed by atoms with Crippen LogP contribution in [0.15, 0.2) is 29.1 Å². The zero-order valence-electron chi connectivity index (χ0n) is 13.4. The highest BCUT2D eigenvalue weighted by molar-refractivity contribution is 5.75. The molecule has 1 atom stereocenters. The van der Waals surface area contributed by atoms with Crippen LogP contribution in [0.2, 0.25) is 0 Å². The maximum atomic E-state index is 12.1. The van der Waals surface area contributed by atoms with Crippen molar-refractivity contribution in [3.63, 3.8) is 0 Å². The lowest BCUT2D eigenvalue weighted by Crippen LogP contribution is -2.20. The number of carbonyl (C=O) groups is 2. The SMILES string of the molecule is COC(=O)C[C@H](c1ccc(OCC(N)=O)cc1)c1c(C)[nH][nH]c1=O. The minimum Gasteiger partial charge on any atom is -0.484 e. The lowest BCUT2D eigenvalue weighted by molar-refractivity contribution is -0.140. The van der Waals surface area contributed by atoms with E-state index in [1.807, 2.05) is 0 Å². The molecule has 0 saturated heterocycles. The van der Waals surface area contributed by atoms with Crippen molar-refractivity contribution in [2.45, 2.75) is 19.3 Å². The predicted molar refractivity (Wildman–Crippen MR) is 85.8 cm³/mol. The first-order valence-electron chi connectivity index (χ1n) is 7.27. The minimum atomic E-state index is -0.572. The molecule has 8 nitrogen and oxygen atoms in total. The highest BCUT2D eigenvalue weighted by Crippen LogP contribution is 2.29. The van der Waals surface area contributed by atoms with Gasteiger partial charge in [0.1, 0.15) is 5.75 Å². The first-order chi connectivity index (χ1) is 11.4. The van der Waals surface area contributed by atoms with E-state index in [0.29, 0.717) is 17.0 Å². The highest BCUT2D eigenvalue weighted by atomic mass is 16.5. The number of hydrogen-bond acceptors (Lipinski definition) is 5. The second-order valence-corrected chi connectivity index (χ2v) is 5.27. The Hall–Kier alpha value is -3.03. The highest BCUT2D eigenvalue weighted by Gasteiger charge is 2.24. The third-order valence-electron chi connectivity index (χ3n) is 3.62. The van der Waals surface area contributed by atoms with Crippen LogP contribution >= 0.6 is 0 Å². The molecule has 4 N–H and O–H groups in total. The van der Waals surface area contributed by atoms with Crippen LogP contribution in [0.3, 0.4) is 0 Å². The third-order valence-corrected chi connectivity index (χ3v) is 3.62. The number of ether oxygens (including phenoxy) is 2. The number of nitrogens with two attached hydrogens (primary N) is 1. The molecule has 0 saturated carbocycles. The van der Waals surface area contributed by atoms with Crippen LogP contribution < -0.4 is 16.0 Å². The van der Waals surface area contributed by atoms with E-state index in [0.717, 1.165) is 5.56 Å². The number of methoxy groups -OCH3 is 1. The smallest absolute Gasteiger partial charge is 0.306 e. The standard InChI is InChI=1S/C16H19N3O5/c1-9-15(16(22)19-18-9)12(7-14(21)23-2)10-3-5-11(6-4-10)24-8-13(17)20/h3-6,12H,7-8H2,1-2H3,(H2,17,20)(H2,18,19,22)/t12-/m1/s1. The molecule has 0 aliphatic rings. The molecule has 1 heterocycles. The Labute approximate surface area is 137 Å². The van der Waals surface area contributed by atoms with E-state index >= 15 is 0 Å². The Morgan fingerprint density at radius 1 is 1.21 bits per heavy atom. The summed E-state index contributed by atoms with van der Waals surface area (Å²) in [7, 11) is 1.30. The molecule has 0 spiro atoms. The van der Waals surface area contributed by atoms with Crippen molar-refractivity contribution in [3.05, 3.63) is 51.4 Å². The van der Waals surface area contributed by atoms with Crippen molar-refractivity contribution in [2.75, 3.05) is 13.7 Å². The van der Waals surface area contributed by atoms with Gasteiger partial charge in [0, 0.05) is 17.2 Å². The Kier molecular flexibility index (Phi) is 5.41. The van der Waals surface area contributed by atoms with Crippen LogP contribution in [-0.2, 0) is 14.3 Å². The molecule has 128 valence electrons. The molecule has 0 bridgehead atoms. The van der Waals surface area contributed by atoms with Crippen LogP contribution in [0.4, 0.5) is 0 Å². The number of amides is 1. The van der Waals surface area contributed by atoms with Crippen LogP contribution in [0.1, 0.15) is 29.2 Å². The molecule has 2 aromatic rings. The Morgan fingerprint density at radius 2 is 1.88 bits per heavy atom. The summed E-state index contributed by atoms with van der Waals surface area (Å²) in [5.41, 5.74) is 6.63. The van der Waals surface area contributed by atoms with Gasteiger partial charge in [-0.1, -0.05) is 12.1 Å². The van der Waals surface area contributed by atoms with Gasteiger partial charge in [0.15, 0.2) is 6.61 Å². The van der Waals surface area contributed by atoms with E-state index in [4.69, 9.17) is 15.2 Å². The first-order valence-corrected chi connectivity index (χ1v) is 7.27. The molecular weight excluding hydrogens is 314 g/mol. The zero-order valence-corrected chi connectivity index (χ0v) is 13.4. The number of hydrogen-bond donors (Lipinski definition) is 3. The van der Waals surface area contributed by atoms with Crippen molar-refractivity contribution in [1.29, 1.82) is 0 Å². The van der Waals surface area contributed by atoms with E-state index < -0.39 is 17.8 Å². The summed E-state index contributed by atoms with van der Waals surface area (Å²) in [5.74, 6) is -0.988. The van der Waals surface area contributed by atoms with Crippen molar-refractivity contribution >= 4 is 11.9 Å². The summed E-state index contributed by atoms with van der Waals surface area (Å²) in [6, 6.07) is 6.77. The molecule has 0 fully saturated rings. The molecule has 0 unspecified atom stereocenters. The van der Waals surface area contributed by atoms with Crippen molar-refractivity contribution in [2.24, 2.45) is 5.73 Å². The summed E-state index contributed by atoms with van der Waals surface area (Å²) < 4.78 is 9.93. The van der Waals surface area contributed by atoms with Gasteiger partial charge in [0.25, 0.3) is 11.5 Å². The van der Waals surface area contributed by atoms with Crippen molar-refractivity contribution in [1.82, 2.24) is 10.2 Å². The molecule has 0 aliphatic carbocycles. The molecular formula is C16H19N3O5. The maximum Gasteiger partial charge on any atom is 0.306 e. The largest absolute Gasteiger partial charge is 0.484 e. The predicted octanol–water partition coefficient (Wildman–Crippen LogP) is 0.571. The first kappa shape index (κ1) is 17.3. The number of aromatic nitrogens is 2. The summed E-state index contributed by atoms with van der Waals surface area (Å²) in [6.07, 6.45) is 0.0275. The number of rotatable bonds is 7. The molecule has 1 aromatic carbocycles. The van der Waals surface area contributed by atoms with E-state index in [1.165, 1.54) is 7.11 Å². The second kappa shape index (κ2) is 7.49. The fraction of sp³-hybridized carbons (Fsp3) is 0.312. The third kappa shape index (κ3) is 4.03. The second-order valence-electron chi connectivity index (χ2n) is 5.27. The van der Waals surface area contributed by atoms with Gasteiger partial charge in [-0.3, -0.25) is 19.5 Å². The number of primary amides is 1. The Morgan fingerprint density at radius 3 is 2.38 bits per heavy atom. The number of benzene rings is 1. The average molecular weight is 333 g/mol. The minimum absolute atomic E-state index is 0.0275. The van der Waals surface area contributed by atoms with E-state index in [9.17, 15) is 14.4 Å². The monoisotopic (exact) mass is 333 g/mol. The quantitative estimate of drug-likeness (QED) is 0.638. The molecule has 24 heavy (non-hydrogen) atoms. The maximum absolute atomic E-state index is 12.1. The molecule has 2 rings (SSSR count). The van der Waals surface area contributed by atoms with E-state index in [-0.39, 0.29) is 18.6 Å². The van der Waals surface area contributed by atoms with Gasteiger partial charge in [0.2, 0.25) is 0 Å². The van der Waals surface area contributed by atoms with Crippen molar-refractivity contribution in [3.8, 4) is 5.75 Å². The number of carbonyl (C=O) groups excluding carboxylic acids is 2. The van der Waals surface area contributed by atoms with Gasteiger partial charge in [-0.25, -0.2) is 0 Å². The Balaban J connectivity index is 2.32. The summed E-state index contributed by atoms with van der Waals surface area (Å²) in [6.45, 7) is 1.53. The number of H-pyrrole nitrogens is 2. The number of aromatic amines is 2. The zero-order chi connectivity index (χ0) is 17.7. The van der Waals surface area contributed by atoms with Crippen LogP contribution in [0.5, 0.6) is 5.75 Å². The van der Waals surface area contributed by atoms with Crippen LogP contribution in [-0.4, -0.2) is 35.8 Å². The summed E-state index contributed by atoms with van der Waals surface area (Å²) >= 11 is 0. The van der Waals surface area contributed by atoms with Gasteiger partial charge in [-0.2, -0.15) is 0 Å². The van der Waals surface area contributed by atoms with E-state index in [2.05, 4.69) is 10.2 Å². The lowest BCUT2D eigenvalue weighted by Gasteiger charge is -2.16. The van der Waals surface area contributed by atoms with Crippen molar-refractivity contribution < 1.29 is 19.1 Å². The fourth-order valence-corrected chi connectivity index (χ4v) is 2.46. The van der Waals surface area contributed by atoms with Crippen LogP contribution in [0, 0.1) is 6.92 Å². The van der Waals surface area contributed by atoms with Gasteiger partial charge in [-0.15, -0.1) is 0 Å². The average Bonchev–Trinajstić information content (AvgIpc) is 2.90. The van der Waals surface area contributed by atoms with Gasteiger partial charge < -0.3 is 20.3 Å². The topological polar surface area (TPSA) is 127 Å².